The van der Waals surface area contributed by atoms with Gasteiger partial charge in [0.15, 0.2) is 0 Å². The summed E-state index contributed by atoms with van der Waals surface area (Å²) in [5, 5.41) is 7.29. The van der Waals surface area contributed by atoms with Crippen LogP contribution in [0.25, 0.3) is 75.1 Å². The first-order chi connectivity index (χ1) is 24.3. The van der Waals surface area contributed by atoms with Gasteiger partial charge in [0.05, 0.1) is 5.69 Å². The van der Waals surface area contributed by atoms with Gasteiger partial charge in [-0.3, -0.25) is 0 Å². The molecule has 0 aliphatic heterocycles. The fraction of sp³-hybridized carbons (Fsp3) is 0. The third-order valence-corrected chi connectivity index (χ3v) is 10.9. The zero-order valence-electron chi connectivity index (χ0n) is 26.5. The van der Waals surface area contributed by atoms with E-state index in [0.717, 1.165) is 50.1 Å². The van der Waals surface area contributed by atoms with Crippen molar-refractivity contribution in [3.63, 3.8) is 0 Å². The first-order valence-electron chi connectivity index (χ1n) is 16.6. The number of nitrogens with zero attached hydrogens (tertiary/aromatic N) is 1. The molecule has 0 saturated carbocycles. The summed E-state index contributed by atoms with van der Waals surface area (Å²) in [5.41, 5.74) is 9.88. The van der Waals surface area contributed by atoms with Crippen LogP contribution < -0.4 is 4.90 Å². The quantitative estimate of drug-likeness (QED) is 0.186. The minimum atomic E-state index is 0.892. The molecule has 0 spiro atoms. The number of benzene rings is 8. The fourth-order valence-electron chi connectivity index (χ4n) is 7.40. The summed E-state index contributed by atoms with van der Waals surface area (Å²) >= 11 is 1.87. The second-order valence-corrected chi connectivity index (χ2v) is 13.5. The highest BCUT2D eigenvalue weighted by molar-refractivity contribution is 7.26. The van der Waals surface area contributed by atoms with Crippen molar-refractivity contribution < 1.29 is 4.42 Å². The lowest BCUT2D eigenvalue weighted by Gasteiger charge is -2.28. The number of anilines is 3. The van der Waals surface area contributed by atoms with Gasteiger partial charge in [-0.1, -0.05) is 121 Å². The highest BCUT2D eigenvalue weighted by Crippen LogP contribution is 2.46. The predicted octanol–water partition coefficient (Wildman–Crippen LogP) is 13.9. The summed E-state index contributed by atoms with van der Waals surface area (Å²) in [7, 11) is 0. The maximum Gasteiger partial charge on any atom is 0.136 e. The van der Waals surface area contributed by atoms with Gasteiger partial charge in [0, 0.05) is 47.9 Å². The second-order valence-electron chi connectivity index (χ2n) is 12.5. The molecule has 0 unspecified atom stereocenters. The molecule has 8 aromatic carbocycles. The van der Waals surface area contributed by atoms with Crippen molar-refractivity contribution in [2.45, 2.75) is 0 Å². The Morgan fingerprint density at radius 1 is 0.429 bits per heavy atom. The summed E-state index contributed by atoms with van der Waals surface area (Å²) in [6, 6.07) is 63.1. The Bertz CT molecular complexity index is 2830. The number of para-hydroxylation sites is 2. The van der Waals surface area contributed by atoms with Gasteiger partial charge in [-0.15, -0.1) is 11.3 Å². The van der Waals surface area contributed by atoms with Gasteiger partial charge in [0.25, 0.3) is 0 Å². The number of rotatable bonds is 5. The van der Waals surface area contributed by atoms with Crippen molar-refractivity contribution in [1.29, 1.82) is 0 Å². The Morgan fingerprint density at radius 3 is 1.96 bits per heavy atom. The summed E-state index contributed by atoms with van der Waals surface area (Å²) in [4.78, 5) is 2.37. The maximum atomic E-state index is 6.48. The monoisotopic (exact) mass is 643 g/mol. The van der Waals surface area contributed by atoms with Crippen LogP contribution >= 0.6 is 11.3 Å². The van der Waals surface area contributed by atoms with Gasteiger partial charge >= 0.3 is 0 Å². The third kappa shape index (κ3) is 4.55. The third-order valence-electron chi connectivity index (χ3n) is 9.65. The highest BCUT2D eigenvalue weighted by atomic mass is 32.1. The van der Waals surface area contributed by atoms with E-state index in [9.17, 15) is 0 Å². The molecule has 0 fully saturated rings. The molecular weight excluding hydrogens is 615 g/mol. The molecule has 3 heteroatoms. The Balaban J connectivity index is 1.14. The zero-order chi connectivity index (χ0) is 32.3. The first kappa shape index (κ1) is 27.9. The number of fused-ring (bicyclic) bond motifs is 7. The highest BCUT2D eigenvalue weighted by Gasteiger charge is 2.21. The normalized spacial score (nSPS) is 11.7. The standard InChI is InChI=1S/C46H29NOS/c1-2-14-33(15-3-1)47(34-26-24-30(25-27-34)35-18-10-20-39-37-17-7-9-23-44(37)49-46(35)39)41-21-8-6-16-36(41)38-19-11-22-42-45(38)40-28-31-12-4-5-13-32(31)29-43(40)48-42/h1-29H. The van der Waals surface area contributed by atoms with Gasteiger partial charge in [0.2, 0.25) is 0 Å². The van der Waals surface area contributed by atoms with Crippen molar-refractivity contribution >= 4 is 81.3 Å². The molecular formula is C46H29NOS. The molecule has 0 saturated heterocycles. The van der Waals surface area contributed by atoms with Crippen LogP contribution in [0.15, 0.2) is 180 Å². The van der Waals surface area contributed by atoms with E-state index >= 15 is 0 Å². The molecule has 2 aromatic heterocycles. The first-order valence-corrected chi connectivity index (χ1v) is 17.4. The van der Waals surface area contributed by atoms with Crippen LogP contribution in [0.4, 0.5) is 17.1 Å². The minimum absolute atomic E-state index is 0.892. The maximum absolute atomic E-state index is 6.48. The van der Waals surface area contributed by atoms with Crippen molar-refractivity contribution in [2.75, 3.05) is 4.90 Å². The molecule has 0 radical (unpaired) electrons. The molecule has 10 rings (SSSR count). The van der Waals surface area contributed by atoms with E-state index in [1.807, 2.05) is 11.3 Å². The van der Waals surface area contributed by atoms with Gasteiger partial charge < -0.3 is 9.32 Å². The second kappa shape index (κ2) is 11.2. The molecule has 230 valence electrons. The van der Waals surface area contributed by atoms with Crippen molar-refractivity contribution in [2.24, 2.45) is 0 Å². The largest absolute Gasteiger partial charge is 0.456 e. The predicted molar refractivity (Wildman–Crippen MR) is 210 cm³/mol. The lowest BCUT2D eigenvalue weighted by atomic mass is 9.96. The Morgan fingerprint density at radius 2 is 1.08 bits per heavy atom. The molecule has 0 atom stereocenters. The van der Waals surface area contributed by atoms with Gasteiger partial charge in [-0.05, 0) is 82.1 Å². The summed E-state index contributed by atoms with van der Waals surface area (Å²) < 4.78 is 9.13. The Hall–Kier alpha value is -6.16. The number of furan rings is 1. The van der Waals surface area contributed by atoms with E-state index in [4.69, 9.17) is 4.42 Å². The van der Waals surface area contributed by atoms with Gasteiger partial charge in [0.1, 0.15) is 11.2 Å². The molecule has 0 aliphatic rings. The average Bonchev–Trinajstić information content (AvgIpc) is 3.73. The van der Waals surface area contributed by atoms with Crippen LogP contribution in [0.2, 0.25) is 0 Å². The van der Waals surface area contributed by atoms with Crippen LogP contribution in [-0.2, 0) is 0 Å². The summed E-state index contributed by atoms with van der Waals surface area (Å²) in [6.07, 6.45) is 0. The number of hydrogen-bond donors (Lipinski definition) is 0. The average molecular weight is 644 g/mol. The Kier molecular flexibility index (Phi) is 6.39. The fourth-order valence-corrected chi connectivity index (χ4v) is 8.64. The topological polar surface area (TPSA) is 16.4 Å². The van der Waals surface area contributed by atoms with Crippen molar-refractivity contribution in [3.8, 4) is 22.3 Å². The smallest absolute Gasteiger partial charge is 0.136 e. The van der Waals surface area contributed by atoms with Crippen molar-refractivity contribution in [1.82, 2.24) is 0 Å². The molecule has 49 heavy (non-hydrogen) atoms. The van der Waals surface area contributed by atoms with Crippen molar-refractivity contribution in [3.05, 3.63) is 176 Å². The van der Waals surface area contributed by atoms with E-state index in [-0.39, 0.29) is 0 Å². The molecule has 0 bridgehead atoms. The van der Waals surface area contributed by atoms with E-state index < -0.39 is 0 Å². The zero-order valence-corrected chi connectivity index (χ0v) is 27.3. The minimum Gasteiger partial charge on any atom is -0.456 e. The van der Waals surface area contributed by atoms with Crippen LogP contribution in [-0.4, -0.2) is 0 Å². The molecule has 0 aliphatic carbocycles. The van der Waals surface area contributed by atoms with Gasteiger partial charge in [-0.25, -0.2) is 0 Å². The number of hydrogen-bond acceptors (Lipinski definition) is 3. The van der Waals surface area contributed by atoms with E-state index in [0.29, 0.717) is 0 Å². The SMILES string of the molecule is c1ccc(N(c2ccc(-c3cccc4c3sc3ccccc34)cc2)c2ccccc2-c2cccc3oc4cc5ccccc5cc4c23)cc1. The van der Waals surface area contributed by atoms with Crippen LogP contribution in [0.3, 0.4) is 0 Å². The number of thiophene rings is 1. The molecule has 0 N–H and O–H groups in total. The van der Waals surface area contributed by atoms with Crippen LogP contribution in [0.5, 0.6) is 0 Å². The lowest BCUT2D eigenvalue weighted by molar-refractivity contribution is 0.669. The Labute approximate surface area is 287 Å². The van der Waals surface area contributed by atoms with Gasteiger partial charge in [-0.2, -0.15) is 0 Å². The molecule has 0 amide bonds. The summed E-state index contributed by atoms with van der Waals surface area (Å²) in [6.45, 7) is 0. The molecule has 2 nitrogen and oxygen atoms in total. The van der Waals surface area contributed by atoms with Crippen LogP contribution in [0.1, 0.15) is 0 Å². The summed E-state index contributed by atoms with van der Waals surface area (Å²) in [5.74, 6) is 0. The molecule has 10 aromatic rings. The van der Waals surface area contributed by atoms with E-state index in [1.165, 1.54) is 42.1 Å². The van der Waals surface area contributed by atoms with E-state index in [2.05, 4.69) is 181 Å². The van der Waals surface area contributed by atoms with Crippen LogP contribution in [0, 0.1) is 0 Å². The lowest BCUT2D eigenvalue weighted by Crippen LogP contribution is -2.11. The van der Waals surface area contributed by atoms with E-state index in [1.54, 1.807) is 0 Å². The molecule has 2 heterocycles.